The number of aliphatic hydroxyl groups is 1. The van der Waals surface area contributed by atoms with E-state index in [1.54, 1.807) is 6.92 Å². The fourth-order valence-electron chi connectivity index (χ4n) is 7.34. The predicted molar refractivity (Wildman–Crippen MR) is 157 cm³/mol. The van der Waals surface area contributed by atoms with Crippen molar-refractivity contribution >= 4 is 11.5 Å². The van der Waals surface area contributed by atoms with Crippen molar-refractivity contribution in [2.24, 2.45) is 0 Å². The number of alkyl halides is 3. The van der Waals surface area contributed by atoms with E-state index in [4.69, 9.17) is 20.2 Å². The van der Waals surface area contributed by atoms with Crippen LogP contribution in [0, 0.1) is 17.7 Å². The minimum absolute atomic E-state index is 0.00940. The van der Waals surface area contributed by atoms with Crippen LogP contribution in [0.2, 0.25) is 0 Å². The number of nitrogen functional groups attached to an aromatic ring is 1. The van der Waals surface area contributed by atoms with E-state index >= 15 is 4.39 Å². The zero-order chi connectivity index (χ0) is 32.1. The van der Waals surface area contributed by atoms with Crippen molar-refractivity contribution in [2.75, 3.05) is 43.4 Å². The Labute approximate surface area is 258 Å². The molecule has 242 valence electrons. The van der Waals surface area contributed by atoms with E-state index in [-0.39, 0.29) is 32.2 Å². The summed E-state index contributed by atoms with van der Waals surface area (Å²) in [5.41, 5.74) is 3.17. The van der Waals surface area contributed by atoms with Gasteiger partial charge in [-0.3, -0.25) is 4.90 Å². The van der Waals surface area contributed by atoms with Gasteiger partial charge in [-0.15, -0.1) is 5.92 Å². The number of benzene rings is 1. The van der Waals surface area contributed by atoms with Gasteiger partial charge in [0.05, 0.1) is 47.1 Å². The van der Waals surface area contributed by atoms with E-state index in [2.05, 4.69) is 21.7 Å². The van der Waals surface area contributed by atoms with Gasteiger partial charge >= 0.3 is 12.2 Å². The summed E-state index contributed by atoms with van der Waals surface area (Å²) in [5, 5.41) is 10.8. The van der Waals surface area contributed by atoms with Crippen molar-refractivity contribution in [1.29, 1.82) is 0 Å². The number of rotatable bonds is 5. The smallest absolute Gasteiger partial charge is 0.418 e. The van der Waals surface area contributed by atoms with Crippen molar-refractivity contribution in [3.05, 3.63) is 51.7 Å². The number of hydrogen-bond acceptors (Lipinski definition) is 8. The Morgan fingerprint density at radius 3 is 2.73 bits per heavy atom. The lowest BCUT2D eigenvalue weighted by Gasteiger charge is -2.39. The van der Waals surface area contributed by atoms with Gasteiger partial charge < -0.3 is 25.2 Å². The minimum Gasteiger partial charge on any atom is -0.461 e. The number of nitrogens with two attached hydrogens (primary N) is 1. The fraction of sp³-hybridized carbons (Fsp3) is 0.562. The summed E-state index contributed by atoms with van der Waals surface area (Å²) in [6, 6.07) is 0.900. The molecule has 3 saturated heterocycles. The summed E-state index contributed by atoms with van der Waals surface area (Å²) in [7, 11) is 0. The molecule has 45 heavy (non-hydrogen) atoms. The van der Waals surface area contributed by atoms with Crippen molar-refractivity contribution < 1.29 is 36.5 Å². The second-order valence-corrected chi connectivity index (χ2v) is 12.8. The molecule has 0 unspecified atom stereocenters. The van der Waals surface area contributed by atoms with Gasteiger partial charge in [0.1, 0.15) is 12.4 Å². The molecule has 5 heterocycles. The van der Waals surface area contributed by atoms with Gasteiger partial charge in [0.2, 0.25) is 0 Å². The lowest BCUT2D eigenvalue weighted by Crippen LogP contribution is -2.47. The molecule has 4 aliphatic rings. The molecule has 3 N–H and O–H groups in total. The number of hydrogen-bond donors (Lipinski definition) is 2. The number of piperidine rings is 1. The van der Waals surface area contributed by atoms with Crippen LogP contribution in [0.1, 0.15) is 80.0 Å². The van der Waals surface area contributed by atoms with Crippen LogP contribution < -0.4 is 15.4 Å². The normalized spacial score (nSPS) is 27.7. The van der Waals surface area contributed by atoms with Crippen LogP contribution >= 0.6 is 0 Å². The van der Waals surface area contributed by atoms with Crippen LogP contribution in [0.25, 0.3) is 0 Å². The number of nitrogens with zero attached hydrogens (tertiary/aromatic N) is 4. The lowest BCUT2D eigenvalue weighted by atomic mass is 9.90. The monoisotopic (exact) mass is 633 g/mol. The third-order valence-electron chi connectivity index (χ3n) is 9.34. The largest absolute Gasteiger partial charge is 0.461 e. The Balaban J connectivity index is 1.40. The summed E-state index contributed by atoms with van der Waals surface area (Å²) < 4.78 is 84.3. The van der Waals surface area contributed by atoms with Gasteiger partial charge in [-0.05, 0) is 64.1 Å². The third-order valence-corrected chi connectivity index (χ3v) is 9.34. The molecule has 4 aliphatic heterocycles. The van der Waals surface area contributed by atoms with Crippen LogP contribution in [-0.4, -0.2) is 63.9 Å². The predicted octanol–water partition coefficient (Wildman–Crippen LogP) is 5.22. The fourth-order valence-corrected chi connectivity index (χ4v) is 7.34. The first kappa shape index (κ1) is 31.5. The van der Waals surface area contributed by atoms with Gasteiger partial charge in [0.25, 0.3) is 0 Å². The highest BCUT2D eigenvalue weighted by molar-refractivity contribution is 5.59. The van der Waals surface area contributed by atoms with Gasteiger partial charge in [0.15, 0.2) is 5.82 Å². The van der Waals surface area contributed by atoms with Gasteiger partial charge in [-0.25, -0.2) is 8.78 Å². The molecule has 3 fully saturated rings. The number of ether oxygens (including phenoxy) is 2. The van der Waals surface area contributed by atoms with Crippen LogP contribution in [0.5, 0.6) is 6.01 Å². The van der Waals surface area contributed by atoms with E-state index in [9.17, 15) is 22.7 Å². The summed E-state index contributed by atoms with van der Waals surface area (Å²) in [6.07, 6.45) is -2.30. The highest BCUT2D eigenvalue weighted by atomic mass is 19.4. The minimum atomic E-state index is -4.93. The summed E-state index contributed by atoms with van der Waals surface area (Å²) >= 11 is 0. The molecule has 0 spiro atoms. The summed E-state index contributed by atoms with van der Waals surface area (Å²) in [6.45, 7) is 5.30. The molecule has 0 amide bonds. The molecule has 1 aromatic carbocycles. The molecule has 13 heteroatoms. The first-order valence-corrected chi connectivity index (χ1v) is 15.1. The number of β-amino-alcohol motifs (C(OH)–C–C–N with tert-alkyl or cyclic N) is 1. The van der Waals surface area contributed by atoms with E-state index in [0.29, 0.717) is 61.3 Å². The van der Waals surface area contributed by atoms with Gasteiger partial charge in [-0.2, -0.15) is 23.1 Å². The number of anilines is 2. The Morgan fingerprint density at radius 2 is 2.02 bits per heavy atom. The van der Waals surface area contributed by atoms with E-state index in [1.807, 2.05) is 4.90 Å². The van der Waals surface area contributed by atoms with Crippen LogP contribution in [-0.2, 0) is 23.9 Å². The molecule has 0 saturated carbocycles. The molecular formula is C32H36F5N5O3. The maximum absolute atomic E-state index is 15.5. The Kier molecular flexibility index (Phi) is 8.20. The van der Waals surface area contributed by atoms with Crippen LogP contribution in [0.15, 0.2) is 18.0 Å². The molecule has 2 aromatic rings. The average molecular weight is 634 g/mol. The lowest BCUT2D eigenvalue weighted by molar-refractivity contribution is -0.140. The molecule has 3 atom stereocenters. The zero-order valence-electron chi connectivity index (χ0n) is 25.2. The second-order valence-electron chi connectivity index (χ2n) is 12.8. The number of fused-ring (bicyclic) bond motifs is 2. The molecule has 0 bridgehead atoms. The van der Waals surface area contributed by atoms with E-state index < -0.39 is 51.6 Å². The standard InChI is InChI=1S/C32H36F5N5O3/c1-3-6-20-11-22(38)27(34)25(26(20)32(35,36)37)24-12-23-21(16-44-24)28(41-9-4-7-30(2,43)17-41)40-29(39-23)45-18-31-8-5-10-42(31)15-19(13-31)14-33/h11,14,24,43H,4-5,7-10,12-13,15-18,38H2,1-2H3/b19-14+/t24-,30-,31+/m1/s1. The quantitative estimate of drug-likeness (QED) is 0.263. The average Bonchev–Trinajstić information content (AvgIpc) is 3.53. The molecule has 0 radical (unpaired) electrons. The van der Waals surface area contributed by atoms with Crippen LogP contribution in [0.3, 0.4) is 0 Å². The van der Waals surface area contributed by atoms with Gasteiger partial charge in [0, 0.05) is 42.7 Å². The first-order chi connectivity index (χ1) is 21.3. The molecule has 0 aliphatic carbocycles. The number of halogens is 5. The van der Waals surface area contributed by atoms with Gasteiger partial charge in [-0.1, -0.05) is 5.92 Å². The second kappa shape index (κ2) is 11.7. The summed E-state index contributed by atoms with van der Waals surface area (Å²) in [5.74, 6) is 4.09. The van der Waals surface area contributed by atoms with Crippen LogP contribution in [0.4, 0.5) is 33.5 Å². The zero-order valence-corrected chi connectivity index (χ0v) is 25.2. The molecule has 6 rings (SSSR count). The molecular weight excluding hydrogens is 597 g/mol. The summed E-state index contributed by atoms with van der Waals surface area (Å²) in [4.78, 5) is 13.4. The highest BCUT2D eigenvalue weighted by Gasteiger charge is 2.48. The third kappa shape index (κ3) is 5.95. The van der Waals surface area contributed by atoms with Crippen molar-refractivity contribution in [1.82, 2.24) is 14.9 Å². The molecule has 8 nitrogen and oxygen atoms in total. The van der Waals surface area contributed by atoms with E-state index in [1.165, 1.54) is 6.92 Å². The Morgan fingerprint density at radius 1 is 1.24 bits per heavy atom. The maximum Gasteiger partial charge on any atom is 0.418 e. The SMILES string of the molecule is CC#Cc1cc(N)c(F)c([C@H]2Cc3nc(OC[C@@]45CCCN4C/C(=C/F)C5)nc(N4CCC[C@@](C)(O)C4)c3CO2)c1C(F)(F)F. The Bertz CT molecular complexity index is 1580. The van der Waals surface area contributed by atoms with Crippen molar-refractivity contribution in [2.45, 2.75) is 82.4 Å². The number of aromatic nitrogens is 2. The van der Waals surface area contributed by atoms with Crippen molar-refractivity contribution in [3.63, 3.8) is 0 Å². The molecule has 1 aromatic heterocycles. The first-order valence-electron chi connectivity index (χ1n) is 15.1. The van der Waals surface area contributed by atoms with E-state index in [0.717, 1.165) is 25.5 Å². The highest BCUT2D eigenvalue weighted by Crippen LogP contribution is 2.45. The van der Waals surface area contributed by atoms with Crippen molar-refractivity contribution in [3.8, 4) is 17.9 Å². The topological polar surface area (TPSA) is 97.0 Å². The Hall–Kier alpha value is -3.47. The maximum atomic E-state index is 15.5.